The van der Waals surface area contributed by atoms with E-state index in [0.29, 0.717) is 18.7 Å². The van der Waals surface area contributed by atoms with Crippen LogP contribution in [0.5, 0.6) is 5.75 Å². The topological polar surface area (TPSA) is 63.5 Å². The van der Waals surface area contributed by atoms with E-state index in [9.17, 15) is 9.18 Å². The van der Waals surface area contributed by atoms with Crippen LogP contribution in [0.1, 0.15) is 16.4 Å². The van der Waals surface area contributed by atoms with Gasteiger partial charge in [0, 0.05) is 24.8 Å². The zero-order valence-electron chi connectivity index (χ0n) is 13.9. The first kappa shape index (κ1) is 16.4. The van der Waals surface area contributed by atoms with E-state index in [1.54, 1.807) is 28.0 Å². The number of aromatic nitrogens is 3. The van der Waals surface area contributed by atoms with Gasteiger partial charge in [0.2, 0.25) is 0 Å². The fourth-order valence-electron chi connectivity index (χ4n) is 3.08. The molecule has 3 rings (SSSR count). The lowest BCUT2D eigenvalue weighted by molar-refractivity contribution is 0.0780. The van der Waals surface area contributed by atoms with E-state index >= 15 is 0 Å². The van der Waals surface area contributed by atoms with Gasteiger partial charge in [0.15, 0.2) is 11.6 Å². The van der Waals surface area contributed by atoms with Gasteiger partial charge in [-0.15, -0.1) is 5.10 Å². The minimum atomic E-state index is -0.542. The van der Waals surface area contributed by atoms with Gasteiger partial charge >= 0.3 is 0 Å². The monoisotopic (exact) mass is 333 g/mol. The normalized spacial score (nSPS) is 20.6. The maximum atomic E-state index is 13.9. The summed E-state index contributed by atoms with van der Waals surface area (Å²) in [6, 6.07) is 4.39. The lowest BCUT2D eigenvalue weighted by Crippen LogP contribution is -2.37. The molecule has 0 unspecified atom stereocenters. The Balaban J connectivity index is 1.82. The molecule has 128 valence electrons. The molecule has 7 nitrogen and oxygen atoms in total. The van der Waals surface area contributed by atoms with Crippen LogP contribution < -0.4 is 4.74 Å². The standard InChI is InChI=1S/C16H20FN5O2/c1-20(2)13-9-21(10-14(13)22-7-6-18-19-22)16(23)11-4-5-15(24-3)12(17)8-11/h4-8,13-14H,9-10H2,1-3H3/t13-,14+/m1/s1. The number of rotatable bonds is 4. The molecule has 1 saturated heterocycles. The van der Waals surface area contributed by atoms with E-state index < -0.39 is 5.82 Å². The van der Waals surface area contributed by atoms with Gasteiger partial charge < -0.3 is 14.5 Å². The van der Waals surface area contributed by atoms with Crippen LogP contribution in [0.3, 0.4) is 0 Å². The Bertz CT molecular complexity index is 719. The molecule has 0 radical (unpaired) electrons. The molecule has 2 atom stereocenters. The molecule has 0 N–H and O–H groups in total. The van der Waals surface area contributed by atoms with Crippen LogP contribution in [0.2, 0.25) is 0 Å². The average Bonchev–Trinajstić information content (AvgIpc) is 3.23. The van der Waals surface area contributed by atoms with Crippen LogP contribution in [0, 0.1) is 5.82 Å². The summed E-state index contributed by atoms with van der Waals surface area (Å²) in [6.07, 6.45) is 3.41. The largest absolute Gasteiger partial charge is 0.494 e. The van der Waals surface area contributed by atoms with Gasteiger partial charge in [0.25, 0.3) is 5.91 Å². The first-order valence-corrected chi connectivity index (χ1v) is 7.66. The van der Waals surface area contributed by atoms with Gasteiger partial charge in [-0.1, -0.05) is 5.21 Å². The summed E-state index contributed by atoms with van der Waals surface area (Å²) in [5.41, 5.74) is 0.310. The van der Waals surface area contributed by atoms with Gasteiger partial charge in [-0.2, -0.15) is 0 Å². The molecule has 0 aliphatic carbocycles. The Morgan fingerprint density at radius 3 is 2.75 bits per heavy atom. The van der Waals surface area contributed by atoms with E-state index in [2.05, 4.69) is 15.2 Å². The van der Waals surface area contributed by atoms with Crippen LogP contribution in [-0.4, -0.2) is 71.0 Å². The Labute approximate surface area is 139 Å². The van der Waals surface area contributed by atoms with Crippen molar-refractivity contribution < 1.29 is 13.9 Å². The van der Waals surface area contributed by atoms with Crippen LogP contribution in [0.4, 0.5) is 4.39 Å². The van der Waals surface area contributed by atoms with Crippen molar-refractivity contribution in [2.45, 2.75) is 12.1 Å². The number of nitrogens with zero attached hydrogens (tertiary/aromatic N) is 5. The summed E-state index contributed by atoms with van der Waals surface area (Å²) in [5.74, 6) is -0.620. The molecule has 1 fully saturated rings. The Morgan fingerprint density at radius 1 is 1.38 bits per heavy atom. The van der Waals surface area contributed by atoms with E-state index in [0.717, 1.165) is 0 Å². The van der Waals surface area contributed by atoms with Gasteiger partial charge in [-0.05, 0) is 32.3 Å². The molecule has 1 aromatic heterocycles. The molecule has 0 saturated carbocycles. The van der Waals surface area contributed by atoms with Crippen molar-refractivity contribution in [1.82, 2.24) is 24.8 Å². The minimum absolute atomic E-state index is 0.00884. The molecule has 1 aliphatic heterocycles. The van der Waals surface area contributed by atoms with Gasteiger partial charge in [-0.3, -0.25) is 4.79 Å². The number of ether oxygens (including phenoxy) is 1. The molecule has 8 heteroatoms. The summed E-state index contributed by atoms with van der Waals surface area (Å²) in [6.45, 7) is 1.04. The summed E-state index contributed by atoms with van der Waals surface area (Å²) >= 11 is 0. The predicted molar refractivity (Wildman–Crippen MR) is 85.4 cm³/mol. The molecule has 1 aromatic carbocycles. The predicted octanol–water partition coefficient (Wildman–Crippen LogP) is 1.05. The minimum Gasteiger partial charge on any atom is -0.494 e. The summed E-state index contributed by atoms with van der Waals surface area (Å²) in [5, 5.41) is 7.91. The number of halogens is 1. The number of benzene rings is 1. The van der Waals surface area contributed by atoms with Crippen molar-refractivity contribution in [3.8, 4) is 5.75 Å². The number of methoxy groups -OCH3 is 1. The second-order valence-electron chi connectivity index (χ2n) is 6.04. The van der Waals surface area contributed by atoms with E-state index in [4.69, 9.17) is 4.74 Å². The van der Waals surface area contributed by atoms with Crippen molar-refractivity contribution in [2.24, 2.45) is 0 Å². The number of carbonyl (C=O) groups excluding carboxylic acids is 1. The highest BCUT2D eigenvalue weighted by molar-refractivity contribution is 5.94. The Hall–Kier alpha value is -2.48. The first-order valence-electron chi connectivity index (χ1n) is 7.66. The van der Waals surface area contributed by atoms with Crippen molar-refractivity contribution >= 4 is 5.91 Å². The van der Waals surface area contributed by atoms with Crippen molar-refractivity contribution in [2.75, 3.05) is 34.3 Å². The molecule has 0 bridgehead atoms. The summed E-state index contributed by atoms with van der Waals surface area (Å²) < 4.78 is 20.5. The molecule has 2 aromatic rings. The van der Waals surface area contributed by atoms with E-state index in [-0.39, 0.29) is 23.7 Å². The third-order valence-corrected chi connectivity index (χ3v) is 4.39. The molecular formula is C16H20FN5O2. The highest BCUT2D eigenvalue weighted by Crippen LogP contribution is 2.27. The first-order chi connectivity index (χ1) is 11.5. The molecule has 2 heterocycles. The van der Waals surface area contributed by atoms with Gasteiger partial charge in [-0.25, -0.2) is 9.07 Å². The Kier molecular flexibility index (Phi) is 4.48. The van der Waals surface area contributed by atoms with Crippen LogP contribution in [-0.2, 0) is 0 Å². The maximum absolute atomic E-state index is 13.9. The zero-order chi connectivity index (χ0) is 17.3. The van der Waals surface area contributed by atoms with Crippen molar-refractivity contribution in [3.63, 3.8) is 0 Å². The molecule has 24 heavy (non-hydrogen) atoms. The average molecular weight is 333 g/mol. The van der Waals surface area contributed by atoms with Gasteiger partial charge in [0.1, 0.15) is 0 Å². The molecule has 0 spiro atoms. The van der Waals surface area contributed by atoms with Crippen LogP contribution in [0.25, 0.3) is 0 Å². The molecule has 1 amide bonds. The number of amides is 1. The number of hydrogen-bond donors (Lipinski definition) is 0. The number of hydrogen-bond acceptors (Lipinski definition) is 5. The third-order valence-electron chi connectivity index (χ3n) is 4.39. The SMILES string of the molecule is COc1ccc(C(=O)N2C[C@@H](N(C)C)[C@@H](n3ccnn3)C2)cc1F. The van der Waals surface area contributed by atoms with Gasteiger partial charge in [0.05, 0.1) is 25.4 Å². The van der Waals surface area contributed by atoms with E-state index in [1.807, 2.05) is 14.1 Å². The smallest absolute Gasteiger partial charge is 0.254 e. The zero-order valence-corrected chi connectivity index (χ0v) is 13.9. The van der Waals surface area contributed by atoms with Crippen molar-refractivity contribution in [3.05, 3.63) is 42.0 Å². The second-order valence-corrected chi connectivity index (χ2v) is 6.04. The Morgan fingerprint density at radius 2 is 2.17 bits per heavy atom. The highest BCUT2D eigenvalue weighted by Gasteiger charge is 2.38. The number of likely N-dealkylation sites (tertiary alicyclic amines) is 1. The second kappa shape index (κ2) is 6.56. The third kappa shape index (κ3) is 2.96. The lowest BCUT2D eigenvalue weighted by Gasteiger charge is -2.24. The van der Waals surface area contributed by atoms with Crippen LogP contribution in [0.15, 0.2) is 30.6 Å². The molecular weight excluding hydrogens is 313 g/mol. The fraction of sp³-hybridized carbons (Fsp3) is 0.438. The van der Waals surface area contributed by atoms with Crippen molar-refractivity contribution in [1.29, 1.82) is 0 Å². The van der Waals surface area contributed by atoms with E-state index in [1.165, 1.54) is 19.2 Å². The summed E-state index contributed by atoms with van der Waals surface area (Å²) in [4.78, 5) is 16.5. The maximum Gasteiger partial charge on any atom is 0.254 e. The molecule has 1 aliphatic rings. The lowest BCUT2D eigenvalue weighted by atomic mass is 10.1. The summed E-state index contributed by atoms with van der Waals surface area (Å²) in [7, 11) is 5.33. The van der Waals surface area contributed by atoms with Crippen LogP contribution >= 0.6 is 0 Å². The fourth-order valence-corrected chi connectivity index (χ4v) is 3.08. The number of carbonyl (C=O) groups is 1. The highest BCUT2D eigenvalue weighted by atomic mass is 19.1. The number of likely N-dealkylation sites (N-methyl/N-ethyl adjacent to an activating group) is 1. The quantitative estimate of drug-likeness (QED) is 0.837.